The molecule has 0 radical (unpaired) electrons. The maximum Gasteiger partial charge on any atom is 0.410 e. The molecule has 3 aromatic rings. The minimum absolute atomic E-state index is 0.250. The van der Waals surface area contributed by atoms with Crippen LogP contribution in [0.1, 0.15) is 67.5 Å². The molecule has 1 aliphatic rings. The lowest BCUT2D eigenvalue weighted by molar-refractivity contribution is 0.0205. The third-order valence-electron chi connectivity index (χ3n) is 5.98. The number of aryl methyl sites for hydroxylation is 1. The fourth-order valence-corrected chi connectivity index (χ4v) is 4.49. The molecule has 5 heteroatoms. The van der Waals surface area contributed by atoms with E-state index in [1.807, 2.05) is 39.0 Å². The van der Waals surface area contributed by atoms with E-state index >= 15 is 0 Å². The molecule has 1 amide bonds. The molecule has 0 aliphatic carbocycles. The number of furan rings is 1. The van der Waals surface area contributed by atoms with Gasteiger partial charge in [-0.2, -0.15) is 5.26 Å². The minimum Gasteiger partial charge on any atom is -0.445 e. The Kier molecular flexibility index (Phi) is 5.97. The van der Waals surface area contributed by atoms with Crippen LogP contribution in [0.25, 0.3) is 11.0 Å². The lowest BCUT2D eigenvalue weighted by Gasteiger charge is -2.33. The number of nitrogens with zero attached hydrogens (tertiary/aromatic N) is 2. The van der Waals surface area contributed by atoms with Crippen molar-refractivity contribution in [3.8, 4) is 6.07 Å². The number of hydrogen-bond donors (Lipinski definition) is 0. The number of nitriles is 1. The number of rotatable bonds is 3. The predicted octanol–water partition coefficient (Wildman–Crippen LogP) is 6.32. The molecule has 1 saturated heterocycles. The van der Waals surface area contributed by atoms with Crippen LogP contribution in [0.15, 0.2) is 46.9 Å². The van der Waals surface area contributed by atoms with Gasteiger partial charge >= 0.3 is 6.09 Å². The maximum atomic E-state index is 12.4. The molecule has 1 aliphatic heterocycles. The van der Waals surface area contributed by atoms with Gasteiger partial charge in [-0.15, -0.1) is 0 Å². The molecule has 166 valence electrons. The Bertz CT molecular complexity index is 1160. The molecular weight excluding hydrogens is 400 g/mol. The number of amides is 1. The lowest BCUT2D eigenvalue weighted by Crippen LogP contribution is -2.41. The summed E-state index contributed by atoms with van der Waals surface area (Å²) in [5.41, 5.74) is 4.72. The molecule has 1 fully saturated rings. The third kappa shape index (κ3) is 4.65. The highest BCUT2D eigenvalue weighted by molar-refractivity contribution is 5.87. The second-order valence-corrected chi connectivity index (χ2v) is 9.66. The van der Waals surface area contributed by atoms with E-state index < -0.39 is 5.60 Å². The zero-order valence-electron chi connectivity index (χ0n) is 19.3. The molecule has 32 heavy (non-hydrogen) atoms. The summed E-state index contributed by atoms with van der Waals surface area (Å²) in [4.78, 5) is 14.2. The van der Waals surface area contributed by atoms with Crippen LogP contribution in [0, 0.1) is 18.3 Å². The van der Waals surface area contributed by atoms with Crippen LogP contribution < -0.4 is 0 Å². The smallest absolute Gasteiger partial charge is 0.410 e. The fraction of sp³-hybridized carbons (Fsp3) is 0.407. The fourth-order valence-electron chi connectivity index (χ4n) is 4.49. The van der Waals surface area contributed by atoms with Gasteiger partial charge in [0.1, 0.15) is 17.3 Å². The molecule has 2 heterocycles. The molecule has 5 nitrogen and oxygen atoms in total. The molecule has 0 bridgehead atoms. The van der Waals surface area contributed by atoms with Crippen molar-refractivity contribution < 1.29 is 13.9 Å². The molecule has 0 saturated carbocycles. The van der Waals surface area contributed by atoms with Crippen LogP contribution in [0.2, 0.25) is 0 Å². The van der Waals surface area contributed by atoms with E-state index in [9.17, 15) is 10.1 Å². The van der Waals surface area contributed by atoms with E-state index in [4.69, 9.17) is 9.15 Å². The Labute approximate surface area is 189 Å². The van der Waals surface area contributed by atoms with E-state index in [0.717, 1.165) is 46.1 Å². The Hall–Kier alpha value is -3.26. The van der Waals surface area contributed by atoms with Crippen LogP contribution in [-0.2, 0) is 11.2 Å². The Morgan fingerprint density at radius 2 is 1.88 bits per heavy atom. The molecule has 0 spiro atoms. The zero-order chi connectivity index (χ0) is 22.9. The topological polar surface area (TPSA) is 66.5 Å². The number of ether oxygens (including phenoxy) is 1. The number of likely N-dealkylation sites (tertiary alicyclic amines) is 1. The third-order valence-corrected chi connectivity index (χ3v) is 5.98. The van der Waals surface area contributed by atoms with E-state index in [1.165, 1.54) is 0 Å². The predicted molar refractivity (Wildman–Crippen MR) is 125 cm³/mol. The highest BCUT2D eigenvalue weighted by atomic mass is 16.6. The lowest BCUT2D eigenvalue weighted by atomic mass is 9.87. The first-order chi connectivity index (χ1) is 15.2. The molecule has 0 unspecified atom stereocenters. The molecule has 0 atom stereocenters. The second kappa shape index (κ2) is 8.70. The largest absolute Gasteiger partial charge is 0.445 e. The molecular formula is C27H30N2O3. The van der Waals surface area contributed by atoms with Crippen molar-refractivity contribution in [3.63, 3.8) is 0 Å². The minimum atomic E-state index is -0.492. The average molecular weight is 431 g/mol. The summed E-state index contributed by atoms with van der Waals surface area (Å²) >= 11 is 0. The van der Waals surface area contributed by atoms with Gasteiger partial charge in [-0.3, -0.25) is 0 Å². The standard InChI is InChI=1S/C27H30N2O3/c1-18-14-21(20-10-12-29(13-11-20)26(30)32-27(2,3)4)25-23(15-18)22(24(17-28)31-25)16-19-8-6-5-7-9-19/h5-9,14-15,20H,10-13,16H2,1-4H3. The zero-order valence-corrected chi connectivity index (χ0v) is 19.3. The van der Waals surface area contributed by atoms with Gasteiger partial charge in [0.05, 0.1) is 0 Å². The van der Waals surface area contributed by atoms with Crippen molar-refractivity contribution in [2.45, 2.75) is 58.5 Å². The van der Waals surface area contributed by atoms with Crippen LogP contribution >= 0.6 is 0 Å². The van der Waals surface area contributed by atoms with Gasteiger partial charge in [-0.05, 0) is 69.2 Å². The van der Waals surface area contributed by atoms with Crippen LogP contribution in [0.3, 0.4) is 0 Å². The van der Waals surface area contributed by atoms with Crippen molar-refractivity contribution in [3.05, 3.63) is 70.5 Å². The number of hydrogen-bond acceptors (Lipinski definition) is 4. The summed E-state index contributed by atoms with van der Waals surface area (Å²) in [6.07, 6.45) is 2.10. The Morgan fingerprint density at radius 1 is 1.19 bits per heavy atom. The second-order valence-electron chi connectivity index (χ2n) is 9.66. The maximum absolute atomic E-state index is 12.4. The molecule has 0 N–H and O–H groups in total. The summed E-state index contributed by atoms with van der Waals surface area (Å²) in [5.74, 6) is 0.667. The van der Waals surface area contributed by atoms with Gasteiger partial charge < -0.3 is 14.1 Å². The summed E-state index contributed by atoms with van der Waals surface area (Å²) in [6.45, 7) is 9.05. The van der Waals surface area contributed by atoms with Crippen molar-refractivity contribution in [1.82, 2.24) is 4.90 Å². The summed E-state index contributed by atoms with van der Waals surface area (Å²) in [7, 11) is 0. The quantitative estimate of drug-likeness (QED) is 0.488. The van der Waals surface area contributed by atoms with E-state index in [1.54, 1.807) is 4.90 Å². The van der Waals surface area contributed by atoms with Gasteiger partial charge in [0.25, 0.3) is 0 Å². The number of carbonyl (C=O) groups excluding carboxylic acids is 1. The summed E-state index contributed by atoms with van der Waals surface area (Å²) in [6, 6.07) is 16.7. The van der Waals surface area contributed by atoms with Gasteiger partial charge in [-0.1, -0.05) is 36.4 Å². The first-order valence-corrected chi connectivity index (χ1v) is 11.2. The average Bonchev–Trinajstić information content (AvgIpc) is 3.10. The number of benzene rings is 2. The summed E-state index contributed by atoms with van der Waals surface area (Å²) < 4.78 is 11.7. The van der Waals surface area contributed by atoms with Gasteiger partial charge in [0, 0.05) is 30.5 Å². The summed E-state index contributed by atoms with van der Waals surface area (Å²) in [5, 5.41) is 10.8. The first-order valence-electron chi connectivity index (χ1n) is 11.2. The van der Waals surface area contributed by atoms with E-state index in [0.29, 0.717) is 25.3 Å². The SMILES string of the molecule is Cc1cc(C2CCN(C(=O)OC(C)(C)C)CC2)c2oc(C#N)c(Cc3ccccc3)c2c1. The number of piperidine rings is 1. The van der Waals surface area contributed by atoms with Crippen LogP contribution in [-0.4, -0.2) is 29.7 Å². The highest BCUT2D eigenvalue weighted by Crippen LogP contribution is 2.38. The van der Waals surface area contributed by atoms with Crippen LogP contribution in [0.4, 0.5) is 4.79 Å². The Balaban J connectivity index is 1.62. The molecule has 2 aromatic carbocycles. The van der Waals surface area contributed by atoms with E-state index in [2.05, 4.69) is 37.3 Å². The Morgan fingerprint density at radius 3 is 2.50 bits per heavy atom. The van der Waals surface area contributed by atoms with Gasteiger partial charge in [0.15, 0.2) is 0 Å². The van der Waals surface area contributed by atoms with Crippen LogP contribution in [0.5, 0.6) is 0 Å². The van der Waals surface area contributed by atoms with Gasteiger partial charge in [0.2, 0.25) is 5.76 Å². The number of fused-ring (bicyclic) bond motifs is 1. The van der Waals surface area contributed by atoms with Crippen molar-refractivity contribution in [2.75, 3.05) is 13.1 Å². The van der Waals surface area contributed by atoms with Gasteiger partial charge in [-0.25, -0.2) is 4.79 Å². The molecule has 1 aromatic heterocycles. The normalized spacial score (nSPS) is 15.0. The van der Waals surface area contributed by atoms with Crippen molar-refractivity contribution in [1.29, 1.82) is 5.26 Å². The highest BCUT2D eigenvalue weighted by Gasteiger charge is 2.29. The monoisotopic (exact) mass is 430 g/mol. The van der Waals surface area contributed by atoms with E-state index in [-0.39, 0.29) is 12.0 Å². The molecule has 4 rings (SSSR count). The van der Waals surface area contributed by atoms with Crippen molar-refractivity contribution >= 4 is 17.1 Å². The number of carbonyl (C=O) groups is 1. The van der Waals surface area contributed by atoms with Crippen molar-refractivity contribution in [2.24, 2.45) is 0 Å². The first kappa shape index (κ1) is 22.0.